The lowest BCUT2D eigenvalue weighted by molar-refractivity contribution is -0.121. The van der Waals surface area contributed by atoms with E-state index in [4.69, 9.17) is 16.3 Å². The normalized spacial score (nSPS) is 15.9. The van der Waals surface area contributed by atoms with Crippen molar-refractivity contribution in [2.45, 2.75) is 19.3 Å². The van der Waals surface area contributed by atoms with E-state index in [9.17, 15) is 14.9 Å². The Bertz CT molecular complexity index is 1020. The van der Waals surface area contributed by atoms with Gasteiger partial charge >= 0.3 is 0 Å². The summed E-state index contributed by atoms with van der Waals surface area (Å²) in [5.74, 6) is -0.0808. The first-order chi connectivity index (χ1) is 14.5. The molecule has 2 amide bonds. The fourth-order valence-electron chi connectivity index (χ4n) is 3.07. The molecule has 0 unspecified atom stereocenters. The van der Waals surface area contributed by atoms with Crippen LogP contribution in [-0.2, 0) is 9.59 Å². The average molecular weight is 442 g/mol. The van der Waals surface area contributed by atoms with E-state index in [2.05, 4.69) is 16.7 Å². The van der Waals surface area contributed by atoms with Crippen LogP contribution in [0.3, 0.4) is 0 Å². The largest absolute Gasteiger partial charge is 0.494 e. The molecule has 8 heteroatoms. The van der Waals surface area contributed by atoms with E-state index in [1.54, 1.807) is 24.3 Å². The van der Waals surface area contributed by atoms with Crippen LogP contribution in [0.2, 0.25) is 5.02 Å². The summed E-state index contributed by atoms with van der Waals surface area (Å²) in [5, 5.41) is 16.0. The molecule has 6 nitrogen and oxygen atoms in total. The number of hydrogen-bond donors (Lipinski definition) is 2. The summed E-state index contributed by atoms with van der Waals surface area (Å²) in [6, 6.07) is 16.5. The molecule has 30 heavy (non-hydrogen) atoms. The number of amides is 2. The van der Waals surface area contributed by atoms with E-state index in [1.165, 1.54) is 0 Å². The van der Waals surface area contributed by atoms with Gasteiger partial charge in [0, 0.05) is 12.3 Å². The standard InChI is InChI=1S/C22H20ClN3O3S/c1-2-29-15-9-7-14(8-10-15)16-11-20(27)26-22(17(16)12-24)30-13-21(28)25-19-6-4-3-5-18(19)23/h3-10,16H,2,11,13H2,1H3,(H,25,28)(H,26,27)/t16-/m1/s1. The Kier molecular flexibility index (Phi) is 7.39. The second-order valence-corrected chi connectivity index (χ2v) is 7.87. The van der Waals surface area contributed by atoms with Crippen molar-refractivity contribution in [1.29, 1.82) is 5.26 Å². The number of para-hydroxylation sites is 1. The van der Waals surface area contributed by atoms with Crippen LogP contribution in [0, 0.1) is 11.3 Å². The summed E-state index contributed by atoms with van der Waals surface area (Å²) in [7, 11) is 0. The van der Waals surface area contributed by atoms with Gasteiger partial charge < -0.3 is 15.4 Å². The fourth-order valence-corrected chi connectivity index (χ4v) is 4.13. The molecule has 0 bridgehead atoms. The average Bonchev–Trinajstić information content (AvgIpc) is 2.74. The first-order valence-corrected chi connectivity index (χ1v) is 10.7. The maximum atomic E-state index is 12.3. The molecule has 0 aliphatic carbocycles. The summed E-state index contributed by atoms with van der Waals surface area (Å²) in [4.78, 5) is 24.6. The van der Waals surface area contributed by atoms with Crippen molar-refractivity contribution < 1.29 is 14.3 Å². The van der Waals surface area contributed by atoms with Gasteiger partial charge in [0.2, 0.25) is 11.8 Å². The molecule has 1 aliphatic rings. The van der Waals surface area contributed by atoms with Gasteiger partial charge in [-0.15, -0.1) is 0 Å². The van der Waals surface area contributed by atoms with Crippen molar-refractivity contribution in [1.82, 2.24) is 5.32 Å². The summed E-state index contributed by atoms with van der Waals surface area (Å²) in [6.07, 6.45) is 0.173. The summed E-state index contributed by atoms with van der Waals surface area (Å²) < 4.78 is 5.45. The van der Waals surface area contributed by atoms with Crippen LogP contribution < -0.4 is 15.4 Å². The molecule has 1 aliphatic heterocycles. The number of ether oxygens (including phenoxy) is 1. The molecule has 0 fully saturated rings. The molecule has 2 aromatic rings. The van der Waals surface area contributed by atoms with Crippen LogP contribution in [0.1, 0.15) is 24.8 Å². The molecule has 3 rings (SSSR count). The van der Waals surface area contributed by atoms with E-state index in [0.29, 0.717) is 27.9 Å². The van der Waals surface area contributed by atoms with Crippen molar-refractivity contribution in [2.24, 2.45) is 0 Å². The Morgan fingerprint density at radius 2 is 2.03 bits per heavy atom. The highest BCUT2D eigenvalue weighted by Gasteiger charge is 2.30. The van der Waals surface area contributed by atoms with E-state index < -0.39 is 0 Å². The van der Waals surface area contributed by atoms with Crippen LogP contribution in [-0.4, -0.2) is 24.2 Å². The second kappa shape index (κ2) is 10.2. The molecule has 1 heterocycles. The van der Waals surface area contributed by atoms with Crippen molar-refractivity contribution in [3.63, 3.8) is 0 Å². The molecule has 0 radical (unpaired) electrons. The highest BCUT2D eigenvalue weighted by atomic mass is 35.5. The lowest BCUT2D eigenvalue weighted by Crippen LogP contribution is -2.31. The summed E-state index contributed by atoms with van der Waals surface area (Å²) in [6.45, 7) is 2.47. The van der Waals surface area contributed by atoms with Crippen molar-refractivity contribution >= 4 is 40.9 Å². The van der Waals surface area contributed by atoms with E-state index in [1.807, 2.05) is 31.2 Å². The minimum atomic E-state index is -0.367. The summed E-state index contributed by atoms with van der Waals surface area (Å²) in [5.41, 5.74) is 1.80. The number of benzene rings is 2. The zero-order chi connectivity index (χ0) is 21.5. The first kappa shape index (κ1) is 21.8. The highest BCUT2D eigenvalue weighted by molar-refractivity contribution is 8.03. The van der Waals surface area contributed by atoms with Crippen molar-refractivity contribution in [3.8, 4) is 11.8 Å². The zero-order valence-corrected chi connectivity index (χ0v) is 17.8. The number of anilines is 1. The number of hydrogen-bond acceptors (Lipinski definition) is 5. The van der Waals surface area contributed by atoms with E-state index in [-0.39, 0.29) is 29.9 Å². The van der Waals surface area contributed by atoms with Gasteiger partial charge in [-0.05, 0) is 36.8 Å². The molecule has 2 N–H and O–H groups in total. The van der Waals surface area contributed by atoms with Gasteiger partial charge in [0.05, 0.1) is 39.7 Å². The number of thioether (sulfide) groups is 1. The van der Waals surface area contributed by atoms with Gasteiger partial charge in [0.25, 0.3) is 0 Å². The van der Waals surface area contributed by atoms with E-state index in [0.717, 1.165) is 23.1 Å². The number of carbonyl (C=O) groups is 2. The van der Waals surface area contributed by atoms with Gasteiger partial charge in [-0.2, -0.15) is 5.26 Å². The van der Waals surface area contributed by atoms with Crippen LogP contribution in [0.5, 0.6) is 5.75 Å². The maximum Gasteiger partial charge on any atom is 0.234 e. The minimum Gasteiger partial charge on any atom is -0.494 e. The maximum absolute atomic E-state index is 12.3. The van der Waals surface area contributed by atoms with Gasteiger partial charge in [0.15, 0.2) is 0 Å². The lowest BCUT2D eigenvalue weighted by atomic mass is 9.87. The molecule has 2 aromatic carbocycles. The molecular formula is C22H20ClN3O3S. The lowest BCUT2D eigenvalue weighted by Gasteiger charge is -2.25. The van der Waals surface area contributed by atoms with Crippen molar-refractivity contribution in [3.05, 3.63) is 69.7 Å². The second-order valence-electron chi connectivity index (χ2n) is 6.48. The number of nitriles is 1. The summed E-state index contributed by atoms with van der Waals surface area (Å²) >= 11 is 7.18. The molecule has 154 valence electrons. The monoisotopic (exact) mass is 441 g/mol. The number of halogens is 1. The third-order valence-electron chi connectivity index (χ3n) is 4.45. The predicted octanol–water partition coefficient (Wildman–Crippen LogP) is 4.45. The third-order valence-corrected chi connectivity index (χ3v) is 5.79. The third kappa shape index (κ3) is 5.35. The van der Waals surface area contributed by atoms with Crippen LogP contribution in [0.25, 0.3) is 0 Å². The molecule has 0 saturated carbocycles. The number of carbonyl (C=O) groups excluding carboxylic acids is 2. The van der Waals surface area contributed by atoms with E-state index >= 15 is 0 Å². The van der Waals surface area contributed by atoms with Crippen LogP contribution in [0.4, 0.5) is 5.69 Å². The molecule has 0 aromatic heterocycles. The molecule has 0 saturated heterocycles. The smallest absolute Gasteiger partial charge is 0.234 e. The molecule has 0 spiro atoms. The van der Waals surface area contributed by atoms with Crippen LogP contribution >= 0.6 is 23.4 Å². The van der Waals surface area contributed by atoms with Crippen LogP contribution in [0.15, 0.2) is 59.1 Å². The SMILES string of the molecule is CCOc1ccc([C@H]2CC(=O)NC(SCC(=O)Nc3ccccc3Cl)=C2C#N)cc1. The first-order valence-electron chi connectivity index (χ1n) is 9.35. The topological polar surface area (TPSA) is 91.2 Å². The predicted molar refractivity (Wildman–Crippen MR) is 118 cm³/mol. The number of rotatable bonds is 7. The Labute approximate surface area is 184 Å². The Morgan fingerprint density at radius 1 is 1.30 bits per heavy atom. The highest BCUT2D eigenvalue weighted by Crippen LogP contribution is 2.36. The molecular weight excluding hydrogens is 422 g/mol. The van der Waals surface area contributed by atoms with Gasteiger partial charge in [-0.25, -0.2) is 0 Å². The van der Waals surface area contributed by atoms with Gasteiger partial charge in [-0.1, -0.05) is 47.6 Å². The molecule has 1 atom stereocenters. The minimum absolute atomic E-state index is 0.0298. The zero-order valence-electron chi connectivity index (χ0n) is 16.3. The van der Waals surface area contributed by atoms with Crippen molar-refractivity contribution in [2.75, 3.05) is 17.7 Å². The Balaban J connectivity index is 1.74. The fraction of sp³-hybridized carbons (Fsp3) is 0.227. The number of nitrogens with zero attached hydrogens (tertiary/aromatic N) is 1. The quantitative estimate of drug-likeness (QED) is 0.662. The Morgan fingerprint density at radius 3 is 2.70 bits per heavy atom. The van der Waals surface area contributed by atoms with Gasteiger partial charge in [0.1, 0.15) is 5.75 Å². The van der Waals surface area contributed by atoms with Gasteiger partial charge in [-0.3, -0.25) is 9.59 Å². The number of nitrogens with one attached hydrogen (secondary N) is 2. The Hall–Kier alpha value is -2.95. The number of allylic oxidation sites excluding steroid dienone is 1.